The fraction of sp³-hybridized carbons (Fsp3) is 0.188. The van der Waals surface area contributed by atoms with E-state index in [1.165, 1.54) is 18.2 Å². The third kappa shape index (κ3) is 3.67. The lowest BCUT2D eigenvalue weighted by molar-refractivity contribution is -0.385. The van der Waals surface area contributed by atoms with Crippen LogP contribution in [0, 0.1) is 17.0 Å². The van der Waals surface area contributed by atoms with Gasteiger partial charge in [-0.1, -0.05) is 30.3 Å². The Morgan fingerprint density at radius 3 is 2.55 bits per heavy atom. The summed E-state index contributed by atoms with van der Waals surface area (Å²) in [5.74, 6) is -0.382. The summed E-state index contributed by atoms with van der Waals surface area (Å²) in [7, 11) is 0. The summed E-state index contributed by atoms with van der Waals surface area (Å²) in [5, 5.41) is 23.3. The van der Waals surface area contributed by atoms with Crippen molar-refractivity contribution in [3.05, 3.63) is 75.3 Å². The minimum Gasteiger partial charge on any atom is -0.387 e. The number of carbonyl (C=O) groups excluding carboxylic acids is 1. The molecule has 22 heavy (non-hydrogen) atoms. The van der Waals surface area contributed by atoms with Gasteiger partial charge >= 0.3 is 0 Å². The third-order valence-corrected chi connectivity index (χ3v) is 3.30. The normalized spacial score (nSPS) is 11.7. The number of carbonyl (C=O) groups is 1. The van der Waals surface area contributed by atoms with Crippen LogP contribution in [0.3, 0.4) is 0 Å². The third-order valence-electron chi connectivity index (χ3n) is 3.30. The van der Waals surface area contributed by atoms with Crippen LogP contribution in [0.5, 0.6) is 0 Å². The molecular weight excluding hydrogens is 284 g/mol. The van der Waals surface area contributed by atoms with Crippen LogP contribution < -0.4 is 5.32 Å². The first-order chi connectivity index (χ1) is 10.5. The molecule has 0 spiro atoms. The van der Waals surface area contributed by atoms with E-state index >= 15 is 0 Å². The fourth-order valence-electron chi connectivity index (χ4n) is 2.09. The monoisotopic (exact) mass is 300 g/mol. The van der Waals surface area contributed by atoms with E-state index in [1.807, 2.05) is 6.07 Å². The number of amides is 1. The van der Waals surface area contributed by atoms with E-state index < -0.39 is 11.0 Å². The lowest BCUT2D eigenvalue weighted by Gasteiger charge is -2.12. The van der Waals surface area contributed by atoms with Crippen molar-refractivity contribution < 1.29 is 14.8 Å². The summed E-state index contributed by atoms with van der Waals surface area (Å²) >= 11 is 0. The summed E-state index contributed by atoms with van der Waals surface area (Å²) in [6.45, 7) is 1.65. The van der Waals surface area contributed by atoms with Crippen molar-refractivity contribution in [1.82, 2.24) is 5.32 Å². The molecular formula is C16H16N2O4. The zero-order valence-corrected chi connectivity index (χ0v) is 12.0. The summed E-state index contributed by atoms with van der Waals surface area (Å²) in [6, 6.07) is 13.2. The standard InChI is InChI=1S/C16H16N2O4/c1-11-9-13(7-8-14(11)18(21)22)16(20)17-10-15(19)12-5-3-2-4-6-12/h2-9,15,19H,10H2,1H3,(H,17,20)/t15-/m0/s1. The highest BCUT2D eigenvalue weighted by molar-refractivity contribution is 5.94. The number of hydrogen-bond donors (Lipinski definition) is 2. The first kappa shape index (κ1) is 15.7. The average Bonchev–Trinajstić information content (AvgIpc) is 2.52. The van der Waals surface area contributed by atoms with E-state index in [1.54, 1.807) is 31.2 Å². The number of aliphatic hydroxyl groups excluding tert-OH is 1. The average molecular weight is 300 g/mol. The molecule has 0 aliphatic rings. The highest BCUT2D eigenvalue weighted by Gasteiger charge is 2.15. The zero-order valence-electron chi connectivity index (χ0n) is 12.0. The molecule has 0 saturated heterocycles. The van der Waals surface area contributed by atoms with Gasteiger partial charge in [-0.3, -0.25) is 14.9 Å². The molecule has 2 rings (SSSR count). The van der Waals surface area contributed by atoms with Gasteiger partial charge in [0.05, 0.1) is 11.0 Å². The Morgan fingerprint density at radius 2 is 1.95 bits per heavy atom. The van der Waals surface area contributed by atoms with Gasteiger partial charge in [-0.2, -0.15) is 0 Å². The zero-order chi connectivity index (χ0) is 16.1. The molecule has 0 fully saturated rings. The minimum absolute atomic E-state index is 0.0270. The lowest BCUT2D eigenvalue weighted by Crippen LogP contribution is -2.28. The smallest absolute Gasteiger partial charge is 0.272 e. The molecule has 6 heteroatoms. The first-order valence-electron chi connectivity index (χ1n) is 6.75. The van der Waals surface area contributed by atoms with Crippen molar-refractivity contribution in [3.63, 3.8) is 0 Å². The van der Waals surface area contributed by atoms with Crippen LogP contribution in [0.2, 0.25) is 0 Å². The Kier molecular flexibility index (Phi) is 4.85. The molecule has 1 atom stereocenters. The van der Waals surface area contributed by atoms with Crippen LogP contribution in [-0.2, 0) is 0 Å². The number of benzene rings is 2. The molecule has 114 valence electrons. The summed E-state index contributed by atoms with van der Waals surface area (Å²) in [4.78, 5) is 22.3. The molecule has 0 aliphatic carbocycles. The van der Waals surface area contributed by atoms with Crippen molar-refractivity contribution in [2.45, 2.75) is 13.0 Å². The van der Waals surface area contributed by atoms with Crippen molar-refractivity contribution in [3.8, 4) is 0 Å². The first-order valence-corrected chi connectivity index (χ1v) is 6.75. The Hall–Kier alpha value is -2.73. The van der Waals surface area contributed by atoms with Gasteiger partial charge in [0, 0.05) is 23.7 Å². The molecule has 0 heterocycles. The van der Waals surface area contributed by atoms with E-state index in [9.17, 15) is 20.0 Å². The van der Waals surface area contributed by atoms with E-state index in [-0.39, 0.29) is 18.1 Å². The Morgan fingerprint density at radius 1 is 1.27 bits per heavy atom. The SMILES string of the molecule is Cc1cc(C(=O)NC[C@H](O)c2ccccc2)ccc1[N+](=O)[O-]. The molecule has 1 amide bonds. The number of nitro groups is 1. The van der Waals surface area contributed by atoms with Crippen LogP contribution in [0.25, 0.3) is 0 Å². The van der Waals surface area contributed by atoms with Crippen LogP contribution >= 0.6 is 0 Å². The molecule has 2 aromatic rings. The van der Waals surface area contributed by atoms with Crippen molar-refractivity contribution in [2.75, 3.05) is 6.54 Å². The lowest BCUT2D eigenvalue weighted by atomic mass is 10.1. The molecule has 0 aliphatic heterocycles. The Labute approximate surface area is 127 Å². The molecule has 0 aromatic heterocycles. The highest BCUT2D eigenvalue weighted by atomic mass is 16.6. The number of rotatable bonds is 5. The summed E-state index contributed by atoms with van der Waals surface area (Å²) in [5.41, 5.74) is 1.42. The fourth-order valence-corrected chi connectivity index (χ4v) is 2.09. The van der Waals surface area contributed by atoms with Gasteiger partial charge in [0.2, 0.25) is 0 Å². The van der Waals surface area contributed by atoms with Crippen LogP contribution in [0.4, 0.5) is 5.69 Å². The number of nitro benzene ring substituents is 1. The molecule has 0 unspecified atom stereocenters. The van der Waals surface area contributed by atoms with Gasteiger partial charge < -0.3 is 10.4 Å². The Balaban J connectivity index is 2.01. The van der Waals surface area contributed by atoms with Crippen molar-refractivity contribution in [2.24, 2.45) is 0 Å². The van der Waals surface area contributed by atoms with Gasteiger partial charge in [-0.15, -0.1) is 0 Å². The quantitative estimate of drug-likeness (QED) is 0.655. The molecule has 0 bridgehead atoms. The Bertz CT molecular complexity index is 686. The number of hydrogen-bond acceptors (Lipinski definition) is 4. The summed E-state index contributed by atoms with van der Waals surface area (Å²) < 4.78 is 0. The van der Waals surface area contributed by atoms with E-state index in [4.69, 9.17) is 0 Å². The van der Waals surface area contributed by atoms with Gasteiger partial charge in [0.1, 0.15) is 0 Å². The second kappa shape index (κ2) is 6.82. The summed E-state index contributed by atoms with van der Waals surface area (Å²) in [6.07, 6.45) is -0.802. The van der Waals surface area contributed by atoms with Crippen LogP contribution in [-0.4, -0.2) is 22.5 Å². The van der Waals surface area contributed by atoms with E-state index in [2.05, 4.69) is 5.32 Å². The number of aryl methyl sites for hydroxylation is 1. The predicted molar refractivity (Wildman–Crippen MR) is 81.6 cm³/mol. The number of nitrogens with one attached hydrogen (secondary N) is 1. The molecule has 0 radical (unpaired) electrons. The van der Waals surface area contributed by atoms with E-state index in [0.717, 1.165) is 0 Å². The maximum absolute atomic E-state index is 12.0. The second-order valence-electron chi connectivity index (χ2n) is 4.89. The number of aliphatic hydroxyl groups is 1. The topological polar surface area (TPSA) is 92.5 Å². The van der Waals surface area contributed by atoms with Gasteiger partial charge in [-0.05, 0) is 24.6 Å². The maximum Gasteiger partial charge on any atom is 0.272 e. The highest BCUT2D eigenvalue weighted by Crippen LogP contribution is 2.19. The van der Waals surface area contributed by atoms with Crippen molar-refractivity contribution in [1.29, 1.82) is 0 Å². The van der Waals surface area contributed by atoms with Crippen LogP contribution in [0.1, 0.15) is 27.6 Å². The molecule has 0 saturated carbocycles. The minimum atomic E-state index is -0.802. The van der Waals surface area contributed by atoms with Gasteiger partial charge in [-0.25, -0.2) is 0 Å². The maximum atomic E-state index is 12.0. The van der Waals surface area contributed by atoms with E-state index in [0.29, 0.717) is 16.7 Å². The predicted octanol–water partition coefficient (Wildman–Crippen LogP) is 2.37. The molecule has 2 N–H and O–H groups in total. The largest absolute Gasteiger partial charge is 0.387 e. The van der Waals surface area contributed by atoms with Crippen molar-refractivity contribution >= 4 is 11.6 Å². The van der Waals surface area contributed by atoms with Gasteiger partial charge in [0.15, 0.2) is 0 Å². The van der Waals surface area contributed by atoms with Crippen LogP contribution in [0.15, 0.2) is 48.5 Å². The molecule has 6 nitrogen and oxygen atoms in total. The molecule has 2 aromatic carbocycles. The van der Waals surface area contributed by atoms with Gasteiger partial charge in [0.25, 0.3) is 11.6 Å². The number of nitrogens with zero attached hydrogens (tertiary/aromatic N) is 1. The second-order valence-corrected chi connectivity index (χ2v) is 4.89.